The first-order valence-electron chi connectivity index (χ1n) is 11.1. The van der Waals surface area contributed by atoms with Crippen LogP contribution in [-0.4, -0.2) is 51.3 Å². The molecule has 3 aromatic rings. The van der Waals surface area contributed by atoms with Gasteiger partial charge >= 0.3 is 0 Å². The molecular formula is C26H27N5O2. The fourth-order valence-corrected chi connectivity index (χ4v) is 4.48. The highest BCUT2D eigenvalue weighted by atomic mass is 16.2. The number of rotatable bonds is 7. The molecule has 7 nitrogen and oxygen atoms in total. The molecule has 1 fully saturated rings. The van der Waals surface area contributed by atoms with Crippen LogP contribution in [0.15, 0.2) is 80.0 Å². The van der Waals surface area contributed by atoms with Gasteiger partial charge in [-0.05, 0) is 36.5 Å². The Bertz CT molecular complexity index is 1120. The van der Waals surface area contributed by atoms with Gasteiger partial charge in [-0.2, -0.15) is 0 Å². The Labute approximate surface area is 193 Å². The molecule has 7 heteroatoms. The first-order valence-corrected chi connectivity index (χ1v) is 11.1. The number of carbonyl (C=O) groups is 2. The highest BCUT2D eigenvalue weighted by Gasteiger charge is 2.44. The highest BCUT2D eigenvalue weighted by Crippen LogP contribution is 2.37. The van der Waals surface area contributed by atoms with E-state index >= 15 is 0 Å². The van der Waals surface area contributed by atoms with Crippen LogP contribution in [0.5, 0.6) is 0 Å². The molecule has 2 aromatic heterocycles. The summed E-state index contributed by atoms with van der Waals surface area (Å²) in [6, 6.07) is 12.0. The van der Waals surface area contributed by atoms with Gasteiger partial charge in [-0.25, -0.2) is 4.98 Å². The average molecular weight is 442 g/mol. The van der Waals surface area contributed by atoms with Crippen LogP contribution in [0.2, 0.25) is 0 Å². The number of likely N-dealkylation sites (tertiary alicyclic amines) is 1. The zero-order valence-electron chi connectivity index (χ0n) is 18.5. The predicted octanol–water partition coefficient (Wildman–Crippen LogP) is 3.31. The second kappa shape index (κ2) is 10.2. The lowest BCUT2D eigenvalue weighted by molar-refractivity contribution is -0.133. The molecule has 0 unspecified atom stereocenters. The first-order chi connectivity index (χ1) is 16.1. The lowest BCUT2D eigenvalue weighted by atomic mass is 9.73. The number of piperidine rings is 1. The maximum atomic E-state index is 13.5. The summed E-state index contributed by atoms with van der Waals surface area (Å²) in [7, 11) is 0. The molecule has 1 N–H and O–H groups in total. The Balaban J connectivity index is 1.68. The standard InChI is InChI=1S/C26H27N5O2/c1-2-11-30-25(33)26(10-6-15-31(19-26)24(32)23-18-28-13-14-29-23)16-20-7-3-4-9-22(20)21-8-5-12-27-17-21/h2-5,7-9,12-14,17-18H,1,6,10-11,15-16,19H2,(H,30,33)/t26-/m1/s1. The van der Waals surface area contributed by atoms with Crippen LogP contribution >= 0.6 is 0 Å². The summed E-state index contributed by atoms with van der Waals surface area (Å²) >= 11 is 0. The molecule has 0 aliphatic carbocycles. The van der Waals surface area contributed by atoms with Gasteiger partial charge in [0.15, 0.2) is 0 Å². The van der Waals surface area contributed by atoms with E-state index < -0.39 is 5.41 Å². The number of hydrogen-bond donors (Lipinski definition) is 1. The van der Waals surface area contributed by atoms with E-state index in [0.717, 1.165) is 23.1 Å². The third kappa shape index (κ3) is 4.98. The van der Waals surface area contributed by atoms with Gasteiger partial charge in [0.1, 0.15) is 5.69 Å². The minimum Gasteiger partial charge on any atom is -0.352 e. The molecule has 3 heterocycles. The van der Waals surface area contributed by atoms with Crippen LogP contribution in [0, 0.1) is 5.41 Å². The van der Waals surface area contributed by atoms with Gasteiger partial charge in [0.05, 0.1) is 11.6 Å². The molecule has 1 aliphatic heterocycles. The largest absolute Gasteiger partial charge is 0.352 e. The van der Waals surface area contributed by atoms with Gasteiger partial charge in [-0.3, -0.25) is 19.6 Å². The van der Waals surface area contributed by atoms with E-state index in [1.807, 2.05) is 42.6 Å². The molecule has 0 saturated carbocycles. The Morgan fingerprint density at radius 3 is 2.70 bits per heavy atom. The van der Waals surface area contributed by atoms with Crippen LogP contribution in [0.3, 0.4) is 0 Å². The fraction of sp³-hybridized carbons (Fsp3) is 0.269. The third-order valence-electron chi connectivity index (χ3n) is 6.05. The molecule has 4 rings (SSSR count). The second-order valence-corrected chi connectivity index (χ2v) is 8.28. The molecule has 0 spiro atoms. The molecule has 2 amide bonds. The number of benzene rings is 1. The Morgan fingerprint density at radius 1 is 1.09 bits per heavy atom. The maximum absolute atomic E-state index is 13.5. The van der Waals surface area contributed by atoms with E-state index in [-0.39, 0.29) is 17.5 Å². The van der Waals surface area contributed by atoms with Crippen LogP contribution in [0.25, 0.3) is 11.1 Å². The molecule has 0 radical (unpaired) electrons. The van der Waals surface area contributed by atoms with Gasteiger partial charge in [0.2, 0.25) is 5.91 Å². The third-order valence-corrected chi connectivity index (χ3v) is 6.05. The molecule has 1 aliphatic rings. The quantitative estimate of drug-likeness (QED) is 0.569. The summed E-state index contributed by atoms with van der Waals surface area (Å²) in [5.41, 5.74) is 2.61. The van der Waals surface area contributed by atoms with Crippen molar-refractivity contribution in [1.82, 2.24) is 25.2 Å². The highest BCUT2D eigenvalue weighted by molar-refractivity contribution is 5.93. The zero-order chi connectivity index (χ0) is 23.1. The van der Waals surface area contributed by atoms with Crippen molar-refractivity contribution < 1.29 is 9.59 Å². The van der Waals surface area contributed by atoms with Crippen molar-refractivity contribution in [2.24, 2.45) is 5.41 Å². The minimum atomic E-state index is -0.766. The summed E-state index contributed by atoms with van der Waals surface area (Å²) in [4.78, 5) is 40.8. The van der Waals surface area contributed by atoms with E-state index in [1.54, 1.807) is 17.2 Å². The van der Waals surface area contributed by atoms with E-state index in [2.05, 4.69) is 26.8 Å². The molecule has 1 saturated heterocycles. The van der Waals surface area contributed by atoms with Crippen molar-refractivity contribution in [2.45, 2.75) is 19.3 Å². The van der Waals surface area contributed by atoms with E-state index in [9.17, 15) is 9.59 Å². The van der Waals surface area contributed by atoms with Gasteiger partial charge in [-0.15, -0.1) is 6.58 Å². The zero-order valence-corrected chi connectivity index (χ0v) is 18.5. The number of amides is 2. The van der Waals surface area contributed by atoms with Gasteiger partial charge in [-0.1, -0.05) is 36.4 Å². The van der Waals surface area contributed by atoms with Crippen LogP contribution in [0.1, 0.15) is 28.9 Å². The van der Waals surface area contributed by atoms with Crippen LogP contribution < -0.4 is 5.32 Å². The number of carbonyl (C=O) groups excluding carboxylic acids is 2. The van der Waals surface area contributed by atoms with Crippen molar-refractivity contribution in [1.29, 1.82) is 0 Å². The van der Waals surface area contributed by atoms with Crippen molar-refractivity contribution in [3.05, 3.63) is 91.3 Å². The van der Waals surface area contributed by atoms with Crippen molar-refractivity contribution in [2.75, 3.05) is 19.6 Å². The van der Waals surface area contributed by atoms with E-state index in [1.165, 1.54) is 18.6 Å². The molecular weight excluding hydrogens is 414 g/mol. The topological polar surface area (TPSA) is 88.1 Å². The fourth-order valence-electron chi connectivity index (χ4n) is 4.48. The maximum Gasteiger partial charge on any atom is 0.274 e. The second-order valence-electron chi connectivity index (χ2n) is 8.28. The minimum absolute atomic E-state index is 0.0694. The summed E-state index contributed by atoms with van der Waals surface area (Å²) in [5.74, 6) is -0.274. The first kappa shape index (κ1) is 22.3. The predicted molar refractivity (Wildman–Crippen MR) is 126 cm³/mol. The molecule has 168 valence electrons. The van der Waals surface area contributed by atoms with Crippen LogP contribution in [0.4, 0.5) is 0 Å². The smallest absolute Gasteiger partial charge is 0.274 e. The van der Waals surface area contributed by atoms with Crippen LogP contribution in [-0.2, 0) is 11.2 Å². The summed E-state index contributed by atoms with van der Waals surface area (Å²) < 4.78 is 0. The number of pyridine rings is 1. The summed E-state index contributed by atoms with van der Waals surface area (Å²) in [6.45, 7) is 4.99. The lowest BCUT2D eigenvalue weighted by Crippen LogP contribution is -2.54. The van der Waals surface area contributed by atoms with E-state index in [4.69, 9.17) is 0 Å². The summed E-state index contributed by atoms with van der Waals surface area (Å²) in [5, 5.41) is 2.99. The Morgan fingerprint density at radius 2 is 1.94 bits per heavy atom. The monoisotopic (exact) mass is 441 g/mol. The average Bonchev–Trinajstić information content (AvgIpc) is 2.88. The van der Waals surface area contributed by atoms with Crippen molar-refractivity contribution in [3.8, 4) is 11.1 Å². The number of nitrogens with one attached hydrogen (secondary N) is 1. The number of aromatic nitrogens is 3. The van der Waals surface area contributed by atoms with Gasteiger partial charge in [0, 0.05) is 50.0 Å². The van der Waals surface area contributed by atoms with Gasteiger partial charge in [0.25, 0.3) is 5.91 Å². The normalized spacial score (nSPS) is 17.9. The molecule has 0 bridgehead atoms. The number of nitrogens with zero attached hydrogens (tertiary/aromatic N) is 4. The molecule has 1 atom stereocenters. The lowest BCUT2D eigenvalue weighted by Gasteiger charge is -2.42. The van der Waals surface area contributed by atoms with Gasteiger partial charge < -0.3 is 10.2 Å². The Kier molecular flexibility index (Phi) is 6.88. The summed E-state index contributed by atoms with van der Waals surface area (Å²) in [6.07, 6.45) is 11.7. The van der Waals surface area contributed by atoms with E-state index in [0.29, 0.717) is 32.5 Å². The molecule has 1 aromatic carbocycles. The Hall–Kier alpha value is -3.87. The number of hydrogen-bond acceptors (Lipinski definition) is 5. The molecule has 33 heavy (non-hydrogen) atoms. The van der Waals surface area contributed by atoms with Crippen molar-refractivity contribution in [3.63, 3.8) is 0 Å². The SMILES string of the molecule is C=CCNC(=O)[C@@]1(Cc2ccccc2-c2cccnc2)CCCN(C(=O)c2cnccn2)C1. The van der Waals surface area contributed by atoms with Crippen molar-refractivity contribution >= 4 is 11.8 Å².